The van der Waals surface area contributed by atoms with Crippen LogP contribution < -0.4 is 5.32 Å². The van der Waals surface area contributed by atoms with Crippen molar-refractivity contribution >= 4 is 21.0 Å². The van der Waals surface area contributed by atoms with Gasteiger partial charge in [0.2, 0.25) is 0 Å². The van der Waals surface area contributed by atoms with Crippen molar-refractivity contribution < 1.29 is 20.1 Å². The van der Waals surface area contributed by atoms with Gasteiger partial charge in [0.05, 0.1) is 0 Å². The van der Waals surface area contributed by atoms with Crippen LogP contribution in [-0.2, 0) is 4.74 Å². The molecule has 0 aliphatic carbocycles. The first-order valence-corrected chi connectivity index (χ1v) is 7.82. The van der Waals surface area contributed by atoms with Crippen molar-refractivity contribution in [1.29, 1.82) is 0 Å². The van der Waals surface area contributed by atoms with E-state index in [0.29, 0.717) is 20.1 Å². The fraction of sp³-hybridized carbons (Fsp3) is 0.700. The summed E-state index contributed by atoms with van der Waals surface area (Å²) in [4.78, 5) is 4.79. The topological polar surface area (TPSA) is 103 Å². The maximum atomic E-state index is 10.0. The van der Waals surface area contributed by atoms with E-state index in [1.807, 2.05) is 0 Å². The molecule has 0 spiro atoms. The van der Waals surface area contributed by atoms with Gasteiger partial charge in [0.1, 0.15) is 0 Å². The number of aliphatic hydroxyl groups is 3. The molecular formula is C10H14N4O4Se. The number of nitrogens with zero attached hydrogens (tertiary/aromatic N) is 3. The zero-order valence-corrected chi connectivity index (χ0v) is 11.6. The average Bonchev–Trinajstić information content (AvgIpc) is 3.02. The van der Waals surface area contributed by atoms with Crippen LogP contribution in [0.1, 0.15) is 16.9 Å². The van der Waals surface area contributed by atoms with Gasteiger partial charge in [-0.2, -0.15) is 0 Å². The van der Waals surface area contributed by atoms with Crippen LogP contribution in [0.4, 0.5) is 5.82 Å². The molecule has 0 radical (unpaired) electrons. The molecule has 4 heterocycles. The van der Waals surface area contributed by atoms with Crippen LogP contribution in [0.5, 0.6) is 0 Å². The van der Waals surface area contributed by atoms with E-state index in [0.717, 1.165) is 18.2 Å². The molecule has 0 amide bonds. The Morgan fingerprint density at radius 2 is 2.32 bits per heavy atom. The quantitative estimate of drug-likeness (QED) is 0.360. The van der Waals surface area contributed by atoms with E-state index < -0.39 is 24.5 Å². The summed E-state index contributed by atoms with van der Waals surface area (Å²) in [5.74, 6) is 0.843. The van der Waals surface area contributed by atoms with Crippen LogP contribution in [0, 0.1) is 0 Å². The zero-order valence-electron chi connectivity index (χ0n) is 9.88. The van der Waals surface area contributed by atoms with Gasteiger partial charge >= 0.3 is 115 Å². The number of imidazole rings is 1. The van der Waals surface area contributed by atoms with E-state index in [1.165, 1.54) is 0 Å². The van der Waals surface area contributed by atoms with E-state index in [1.54, 1.807) is 10.9 Å². The molecular weight excluding hydrogens is 319 g/mol. The molecule has 8 nitrogen and oxygen atoms in total. The van der Waals surface area contributed by atoms with Gasteiger partial charge in [0, 0.05) is 0 Å². The third kappa shape index (κ3) is 1.67. The Morgan fingerprint density at radius 1 is 1.47 bits per heavy atom. The number of anilines is 1. The van der Waals surface area contributed by atoms with E-state index >= 15 is 0 Å². The van der Waals surface area contributed by atoms with Crippen molar-refractivity contribution in [3.63, 3.8) is 0 Å². The molecule has 2 saturated heterocycles. The van der Waals surface area contributed by atoms with Gasteiger partial charge in [-0.15, -0.1) is 0 Å². The molecule has 6 atom stereocenters. The van der Waals surface area contributed by atoms with Gasteiger partial charge in [0.25, 0.3) is 0 Å². The molecule has 3 aliphatic heterocycles. The molecule has 0 saturated carbocycles. The number of aliphatic hydroxyl groups excluding tert-OH is 3. The molecule has 0 bridgehead atoms. The van der Waals surface area contributed by atoms with Crippen LogP contribution in [0.25, 0.3) is 0 Å². The second-order valence-electron chi connectivity index (χ2n) is 4.82. The number of hydrogen-bond donors (Lipinski definition) is 4. The predicted octanol–water partition coefficient (Wildman–Crippen LogP) is -2.19. The Balaban J connectivity index is 1.66. The third-order valence-electron chi connectivity index (χ3n) is 3.70. The Labute approximate surface area is 115 Å². The van der Waals surface area contributed by atoms with E-state index in [4.69, 9.17) is 9.84 Å². The Hall–Kier alpha value is -0.671. The van der Waals surface area contributed by atoms with Gasteiger partial charge in [-0.3, -0.25) is 0 Å². The summed E-state index contributed by atoms with van der Waals surface area (Å²) in [5, 5.41) is 32.2. The first kappa shape index (κ1) is 12.1. The molecule has 4 N–H and O–H groups in total. The molecule has 2 fully saturated rings. The van der Waals surface area contributed by atoms with Gasteiger partial charge in [-0.1, -0.05) is 0 Å². The minimum atomic E-state index is -1.08. The van der Waals surface area contributed by atoms with Crippen LogP contribution in [0.15, 0.2) is 6.33 Å². The summed E-state index contributed by atoms with van der Waals surface area (Å²) in [5.41, 5.74) is 0.976. The third-order valence-corrected chi connectivity index (χ3v) is 5.95. The van der Waals surface area contributed by atoms with E-state index in [-0.39, 0.29) is 6.61 Å². The summed E-state index contributed by atoms with van der Waals surface area (Å²) < 4.78 is 9.53. The first-order chi connectivity index (χ1) is 9.20. The summed E-state index contributed by atoms with van der Waals surface area (Å²) in [6, 6.07) is 0. The van der Waals surface area contributed by atoms with Gasteiger partial charge in [0.15, 0.2) is 0 Å². The van der Waals surface area contributed by atoms with Crippen LogP contribution in [0.3, 0.4) is 0 Å². The standard InChI is InChI=1S/C10H14N4O4Se/c15-1-4-6(16)7(17)9(18-4)13-2-11-5-8(13)12-3-14-10(5)19-14/h2,4,6-7,9-10,12,15-17H,1,3H2/t4-,6-,7-,9-,10?,14?/m1/s1. The van der Waals surface area contributed by atoms with Crippen molar-refractivity contribution in [3.05, 3.63) is 12.0 Å². The molecule has 4 rings (SSSR count). The Kier molecular flexibility index (Phi) is 2.65. The normalized spacial score (nSPS) is 43.5. The molecule has 3 aliphatic rings. The minimum absolute atomic E-state index is 0.321. The predicted molar refractivity (Wildman–Crippen MR) is 64.1 cm³/mol. The van der Waals surface area contributed by atoms with Gasteiger partial charge in [-0.05, 0) is 0 Å². The van der Waals surface area contributed by atoms with E-state index in [9.17, 15) is 10.2 Å². The zero-order chi connectivity index (χ0) is 13.1. The Bertz CT molecular complexity index is 512. The molecule has 0 aromatic carbocycles. The number of ether oxygens (including phenoxy) is 1. The van der Waals surface area contributed by atoms with Crippen LogP contribution in [0.2, 0.25) is 0 Å². The molecule has 9 heteroatoms. The maximum absolute atomic E-state index is 10.0. The average molecular weight is 333 g/mol. The first-order valence-electron chi connectivity index (χ1n) is 6.07. The number of aromatic nitrogens is 2. The van der Waals surface area contributed by atoms with Crippen molar-refractivity contribution in [1.82, 2.24) is 13.5 Å². The van der Waals surface area contributed by atoms with Gasteiger partial charge in [-0.25, -0.2) is 0 Å². The SMILES string of the molecule is OC[C@H]1O[C@@H](n2cnc3c2NCN2[Se]C32)[C@H](O)[C@@H]1O. The van der Waals surface area contributed by atoms with E-state index in [2.05, 4.69) is 14.2 Å². The monoisotopic (exact) mass is 334 g/mol. The molecule has 1 aromatic heterocycles. The van der Waals surface area contributed by atoms with Crippen molar-refractivity contribution in [3.8, 4) is 0 Å². The van der Waals surface area contributed by atoms with Crippen molar-refractivity contribution in [2.45, 2.75) is 29.5 Å². The molecule has 104 valence electrons. The fourth-order valence-corrected chi connectivity index (χ4v) is 4.25. The number of nitrogens with one attached hydrogen (secondary N) is 1. The summed E-state index contributed by atoms with van der Waals surface area (Å²) >= 11 is 0.458. The van der Waals surface area contributed by atoms with Gasteiger partial charge < -0.3 is 0 Å². The summed E-state index contributed by atoms with van der Waals surface area (Å²) in [7, 11) is 0. The second kappa shape index (κ2) is 4.16. The van der Waals surface area contributed by atoms with Crippen molar-refractivity contribution in [2.24, 2.45) is 0 Å². The number of rotatable bonds is 2. The van der Waals surface area contributed by atoms with Crippen LogP contribution in [-0.4, -0.2) is 75.5 Å². The van der Waals surface area contributed by atoms with Crippen LogP contribution >= 0.6 is 0 Å². The summed E-state index contributed by atoms with van der Waals surface area (Å²) in [6.07, 6.45) is -2.01. The van der Waals surface area contributed by atoms with Crippen molar-refractivity contribution in [2.75, 3.05) is 18.6 Å². The molecule has 2 unspecified atom stereocenters. The fourth-order valence-electron chi connectivity index (χ4n) is 2.60. The molecule has 19 heavy (non-hydrogen) atoms. The second-order valence-corrected chi connectivity index (χ2v) is 7.19. The number of fused-ring (bicyclic) bond motifs is 3. The summed E-state index contributed by atoms with van der Waals surface area (Å²) in [6.45, 7) is 0.455. The Morgan fingerprint density at radius 3 is 3.05 bits per heavy atom. The number of hydrogen-bond acceptors (Lipinski definition) is 7. The molecule has 1 aromatic rings.